The van der Waals surface area contributed by atoms with Crippen molar-refractivity contribution in [1.82, 2.24) is 9.97 Å². The lowest BCUT2D eigenvalue weighted by molar-refractivity contribution is 0.0602. The average Bonchev–Trinajstić information content (AvgIpc) is 3.18. The highest BCUT2D eigenvalue weighted by Crippen LogP contribution is 2.30. The molecule has 0 saturated carbocycles. The summed E-state index contributed by atoms with van der Waals surface area (Å²) in [6.07, 6.45) is 3.55. The molecule has 0 aliphatic rings. The maximum Gasteiger partial charge on any atom is 0.339 e. The first-order valence-electron chi connectivity index (χ1n) is 8.70. The number of hydrogen-bond donors (Lipinski definition) is 2. The van der Waals surface area contributed by atoms with E-state index in [0.29, 0.717) is 16.4 Å². The maximum absolute atomic E-state index is 11.9. The fourth-order valence-electron chi connectivity index (χ4n) is 2.80. The van der Waals surface area contributed by atoms with E-state index in [9.17, 15) is 4.79 Å². The highest BCUT2D eigenvalue weighted by molar-refractivity contribution is 7.80. The Bertz CT molecular complexity index is 1170. The Hall–Kier alpha value is -3.36. The molecule has 0 aliphatic carbocycles. The number of rotatable bonds is 4. The van der Waals surface area contributed by atoms with Gasteiger partial charge in [0.1, 0.15) is 5.01 Å². The number of aromatic nitrogens is 2. The minimum Gasteiger partial charge on any atom is -0.465 e. The lowest BCUT2D eigenvalue weighted by Gasteiger charge is -2.13. The molecule has 0 unspecified atom stereocenters. The number of anilines is 2. The first kappa shape index (κ1) is 19.0. The molecule has 144 valence electrons. The number of fused-ring (bicyclic) bond motifs is 1. The Morgan fingerprint density at radius 3 is 2.79 bits per heavy atom. The summed E-state index contributed by atoms with van der Waals surface area (Å²) in [5.41, 5.74) is 3.71. The molecule has 0 saturated heterocycles. The van der Waals surface area contributed by atoms with Crippen LogP contribution in [0.15, 0.2) is 67.0 Å². The van der Waals surface area contributed by atoms with E-state index in [1.54, 1.807) is 35.7 Å². The Morgan fingerprint density at radius 2 is 1.97 bits per heavy atom. The molecule has 0 atom stereocenters. The van der Waals surface area contributed by atoms with E-state index >= 15 is 0 Å². The number of thiocarbonyl (C=S) groups is 1. The van der Waals surface area contributed by atoms with Gasteiger partial charge < -0.3 is 15.4 Å². The van der Waals surface area contributed by atoms with Crippen molar-refractivity contribution in [2.75, 3.05) is 17.7 Å². The number of nitrogens with one attached hydrogen (secondary N) is 2. The van der Waals surface area contributed by atoms with Crippen molar-refractivity contribution in [2.45, 2.75) is 0 Å². The number of benzene rings is 2. The van der Waals surface area contributed by atoms with Crippen LogP contribution in [0.5, 0.6) is 0 Å². The zero-order chi connectivity index (χ0) is 20.2. The minimum atomic E-state index is -0.428. The van der Waals surface area contributed by atoms with Crippen LogP contribution in [-0.4, -0.2) is 28.2 Å². The van der Waals surface area contributed by atoms with Gasteiger partial charge in [0.15, 0.2) is 5.11 Å². The zero-order valence-corrected chi connectivity index (χ0v) is 17.0. The molecule has 2 aromatic carbocycles. The van der Waals surface area contributed by atoms with Gasteiger partial charge in [-0.1, -0.05) is 24.3 Å². The van der Waals surface area contributed by atoms with Crippen LogP contribution in [0, 0.1) is 0 Å². The molecule has 29 heavy (non-hydrogen) atoms. The molecular formula is C21H16N4O2S2. The highest BCUT2D eigenvalue weighted by atomic mass is 32.1. The van der Waals surface area contributed by atoms with Gasteiger partial charge in [-0.05, 0) is 42.5 Å². The summed E-state index contributed by atoms with van der Waals surface area (Å²) in [4.78, 5) is 20.7. The SMILES string of the molecule is COC(=O)c1ccccc1NC(=S)Nc1cccc(-c2nc3ccncc3s2)c1. The first-order chi connectivity index (χ1) is 14.1. The Kier molecular flexibility index (Phi) is 5.46. The number of thiazole rings is 1. The normalized spacial score (nSPS) is 10.5. The number of hydrogen-bond acceptors (Lipinski definition) is 6. The quantitative estimate of drug-likeness (QED) is 0.357. The summed E-state index contributed by atoms with van der Waals surface area (Å²) in [7, 11) is 1.35. The molecule has 0 spiro atoms. The third-order valence-corrected chi connectivity index (χ3v) is 5.40. The van der Waals surface area contributed by atoms with E-state index in [2.05, 4.69) is 20.6 Å². The van der Waals surface area contributed by atoms with Crippen LogP contribution in [0.3, 0.4) is 0 Å². The minimum absolute atomic E-state index is 0.368. The second kappa shape index (κ2) is 8.34. The molecule has 6 nitrogen and oxygen atoms in total. The summed E-state index contributed by atoms with van der Waals surface area (Å²) in [5, 5.41) is 7.48. The van der Waals surface area contributed by atoms with Crippen LogP contribution in [0.25, 0.3) is 20.8 Å². The summed E-state index contributed by atoms with van der Waals surface area (Å²) < 4.78 is 5.85. The van der Waals surface area contributed by atoms with Crippen LogP contribution in [0.2, 0.25) is 0 Å². The van der Waals surface area contributed by atoms with Crippen LogP contribution < -0.4 is 10.6 Å². The molecule has 4 aromatic rings. The number of para-hydroxylation sites is 1. The molecular weight excluding hydrogens is 404 g/mol. The number of pyridine rings is 1. The number of carbonyl (C=O) groups is 1. The van der Waals surface area contributed by atoms with Crippen molar-refractivity contribution in [3.05, 3.63) is 72.6 Å². The van der Waals surface area contributed by atoms with E-state index in [0.717, 1.165) is 26.5 Å². The highest BCUT2D eigenvalue weighted by Gasteiger charge is 2.12. The number of esters is 1. The summed E-state index contributed by atoms with van der Waals surface area (Å²) >= 11 is 7.00. The van der Waals surface area contributed by atoms with Crippen molar-refractivity contribution in [1.29, 1.82) is 0 Å². The molecule has 0 fully saturated rings. The Morgan fingerprint density at radius 1 is 1.10 bits per heavy atom. The van der Waals surface area contributed by atoms with Gasteiger partial charge in [-0.3, -0.25) is 4.98 Å². The molecule has 8 heteroatoms. The third-order valence-electron chi connectivity index (χ3n) is 4.14. The topological polar surface area (TPSA) is 76.1 Å². The van der Waals surface area contributed by atoms with Crippen molar-refractivity contribution < 1.29 is 9.53 Å². The second-order valence-corrected chi connectivity index (χ2v) is 7.50. The first-order valence-corrected chi connectivity index (χ1v) is 9.93. The number of carbonyl (C=O) groups excluding carboxylic acids is 1. The van der Waals surface area contributed by atoms with E-state index in [1.807, 2.05) is 42.6 Å². The molecule has 0 aliphatic heterocycles. The van der Waals surface area contributed by atoms with Gasteiger partial charge in [-0.15, -0.1) is 11.3 Å². The summed E-state index contributed by atoms with van der Waals surface area (Å²) in [6, 6.07) is 16.8. The van der Waals surface area contributed by atoms with Crippen molar-refractivity contribution in [2.24, 2.45) is 0 Å². The molecule has 0 radical (unpaired) electrons. The monoisotopic (exact) mass is 420 g/mol. The molecule has 2 heterocycles. The maximum atomic E-state index is 11.9. The third kappa shape index (κ3) is 4.23. The van der Waals surface area contributed by atoms with Gasteiger partial charge in [0.25, 0.3) is 0 Å². The fourth-order valence-corrected chi connectivity index (χ4v) is 3.95. The van der Waals surface area contributed by atoms with Crippen LogP contribution >= 0.6 is 23.6 Å². The zero-order valence-electron chi connectivity index (χ0n) is 15.4. The summed E-state index contributed by atoms with van der Waals surface area (Å²) in [5.74, 6) is -0.428. The predicted octanol–water partition coefficient (Wildman–Crippen LogP) is 4.95. The second-order valence-electron chi connectivity index (χ2n) is 6.06. The smallest absolute Gasteiger partial charge is 0.339 e. The average molecular weight is 421 g/mol. The molecule has 4 rings (SSSR count). The summed E-state index contributed by atoms with van der Waals surface area (Å²) in [6.45, 7) is 0. The lowest BCUT2D eigenvalue weighted by Crippen LogP contribution is -2.20. The standard InChI is InChI=1S/C21H16N4O2S2/c1-27-20(26)15-7-2-3-8-16(15)25-21(28)23-14-6-4-5-13(11-14)19-24-17-9-10-22-12-18(17)29-19/h2-12H,1H3,(H2,23,25,28). The van der Waals surface area contributed by atoms with E-state index in [1.165, 1.54) is 7.11 Å². The van der Waals surface area contributed by atoms with Gasteiger partial charge in [-0.2, -0.15) is 0 Å². The van der Waals surface area contributed by atoms with Crippen LogP contribution in [0.4, 0.5) is 11.4 Å². The van der Waals surface area contributed by atoms with Gasteiger partial charge in [0.2, 0.25) is 0 Å². The molecule has 0 bridgehead atoms. The Labute approximate surface area is 176 Å². The van der Waals surface area contributed by atoms with Crippen LogP contribution in [0.1, 0.15) is 10.4 Å². The number of nitrogens with zero attached hydrogens (tertiary/aromatic N) is 2. The number of methoxy groups -OCH3 is 1. The van der Waals surface area contributed by atoms with E-state index < -0.39 is 5.97 Å². The van der Waals surface area contributed by atoms with Crippen LogP contribution in [-0.2, 0) is 4.74 Å². The van der Waals surface area contributed by atoms with Crippen molar-refractivity contribution in [3.63, 3.8) is 0 Å². The van der Waals surface area contributed by atoms with Crippen molar-refractivity contribution >= 4 is 56.2 Å². The molecule has 2 aromatic heterocycles. The number of ether oxygens (including phenoxy) is 1. The van der Waals surface area contributed by atoms with Gasteiger partial charge >= 0.3 is 5.97 Å². The molecule has 0 amide bonds. The predicted molar refractivity (Wildman–Crippen MR) is 120 cm³/mol. The fraction of sp³-hybridized carbons (Fsp3) is 0.0476. The van der Waals surface area contributed by atoms with Gasteiger partial charge in [0.05, 0.1) is 28.6 Å². The largest absolute Gasteiger partial charge is 0.465 e. The Balaban J connectivity index is 1.52. The van der Waals surface area contributed by atoms with E-state index in [-0.39, 0.29) is 0 Å². The van der Waals surface area contributed by atoms with E-state index in [4.69, 9.17) is 17.0 Å². The molecule has 2 N–H and O–H groups in total. The van der Waals surface area contributed by atoms with Gasteiger partial charge in [-0.25, -0.2) is 9.78 Å². The van der Waals surface area contributed by atoms with Crippen molar-refractivity contribution in [3.8, 4) is 10.6 Å². The van der Waals surface area contributed by atoms with Gasteiger partial charge in [0, 0.05) is 23.6 Å². The lowest BCUT2D eigenvalue weighted by atomic mass is 10.2.